The number of ether oxygens (including phenoxy) is 2. The van der Waals surface area contributed by atoms with Gasteiger partial charge in [0.1, 0.15) is 0 Å². The maximum Gasteiger partial charge on any atom is 0.231 e. The molecule has 0 bridgehead atoms. The molecule has 0 aromatic heterocycles. The molecule has 0 aliphatic carbocycles. The van der Waals surface area contributed by atoms with Crippen LogP contribution in [0.3, 0.4) is 0 Å². The van der Waals surface area contributed by atoms with Crippen molar-refractivity contribution in [3.05, 3.63) is 0 Å². The first-order valence-corrected chi connectivity index (χ1v) is 7.24. The van der Waals surface area contributed by atoms with Crippen LogP contribution < -0.4 is 5.32 Å². The van der Waals surface area contributed by atoms with Crippen LogP contribution in [-0.2, 0) is 14.3 Å². The van der Waals surface area contributed by atoms with Crippen molar-refractivity contribution in [1.82, 2.24) is 10.2 Å². The van der Waals surface area contributed by atoms with Crippen molar-refractivity contribution in [3.63, 3.8) is 0 Å². The highest BCUT2D eigenvalue weighted by atomic mass is 16.5. The number of rotatable bonds is 4. The lowest BCUT2D eigenvalue weighted by Gasteiger charge is -2.42. The topological polar surface area (TPSA) is 50.8 Å². The number of piperidine rings is 2. The number of methoxy groups -OCH3 is 2. The van der Waals surface area contributed by atoms with Crippen LogP contribution in [0.15, 0.2) is 0 Å². The van der Waals surface area contributed by atoms with E-state index in [1.165, 1.54) is 0 Å². The number of nitrogens with zero attached hydrogens (tertiary/aromatic N) is 1. The summed E-state index contributed by atoms with van der Waals surface area (Å²) in [4.78, 5) is 14.9. The van der Waals surface area contributed by atoms with Gasteiger partial charge in [0.2, 0.25) is 5.91 Å². The second-order valence-corrected chi connectivity index (χ2v) is 5.71. The second kappa shape index (κ2) is 6.68. The average molecular weight is 270 g/mol. The molecule has 0 saturated carbocycles. The van der Waals surface area contributed by atoms with Crippen molar-refractivity contribution in [1.29, 1.82) is 0 Å². The summed E-state index contributed by atoms with van der Waals surface area (Å²) in [6, 6.07) is 0. The van der Waals surface area contributed by atoms with Crippen molar-refractivity contribution in [2.24, 2.45) is 5.41 Å². The minimum atomic E-state index is -0.324. The van der Waals surface area contributed by atoms with Gasteiger partial charge in [-0.1, -0.05) is 0 Å². The first kappa shape index (κ1) is 14.8. The quantitative estimate of drug-likeness (QED) is 0.814. The molecule has 5 nitrogen and oxygen atoms in total. The van der Waals surface area contributed by atoms with E-state index in [4.69, 9.17) is 9.47 Å². The van der Waals surface area contributed by atoms with Crippen LogP contribution in [-0.4, -0.2) is 63.9 Å². The van der Waals surface area contributed by atoms with Gasteiger partial charge in [0.25, 0.3) is 0 Å². The summed E-state index contributed by atoms with van der Waals surface area (Å²) in [6.07, 6.45) is 4.02. The van der Waals surface area contributed by atoms with E-state index in [0.29, 0.717) is 6.61 Å². The highest BCUT2D eigenvalue weighted by molar-refractivity contribution is 5.83. The van der Waals surface area contributed by atoms with E-state index >= 15 is 0 Å². The van der Waals surface area contributed by atoms with Crippen molar-refractivity contribution in [2.75, 3.05) is 47.0 Å². The van der Waals surface area contributed by atoms with Gasteiger partial charge in [0.15, 0.2) is 0 Å². The Bertz CT molecular complexity index is 298. The molecule has 1 N–H and O–H groups in total. The molecule has 0 radical (unpaired) electrons. The van der Waals surface area contributed by atoms with E-state index in [9.17, 15) is 4.79 Å². The number of carbonyl (C=O) groups excluding carboxylic acids is 1. The molecular weight excluding hydrogens is 244 g/mol. The molecule has 2 fully saturated rings. The Balaban J connectivity index is 2.05. The summed E-state index contributed by atoms with van der Waals surface area (Å²) >= 11 is 0. The van der Waals surface area contributed by atoms with Crippen molar-refractivity contribution in [3.8, 4) is 0 Å². The lowest BCUT2D eigenvalue weighted by Crippen LogP contribution is -2.54. The highest BCUT2D eigenvalue weighted by Gasteiger charge is 2.43. The van der Waals surface area contributed by atoms with Gasteiger partial charge < -0.3 is 19.7 Å². The van der Waals surface area contributed by atoms with Gasteiger partial charge in [0.05, 0.1) is 18.1 Å². The van der Waals surface area contributed by atoms with Crippen molar-refractivity contribution in [2.45, 2.75) is 31.8 Å². The summed E-state index contributed by atoms with van der Waals surface area (Å²) in [5.41, 5.74) is -0.324. The van der Waals surface area contributed by atoms with Crippen LogP contribution in [0.1, 0.15) is 25.7 Å². The zero-order valence-corrected chi connectivity index (χ0v) is 12.1. The van der Waals surface area contributed by atoms with Crippen LogP contribution >= 0.6 is 0 Å². The first-order chi connectivity index (χ1) is 9.22. The van der Waals surface area contributed by atoms with Gasteiger partial charge >= 0.3 is 0 Å². The summed E-state index contributed by atoms with van der Waals surface area (Å²) in [6.45, 7) is 3.92. The van der Waals surface area contributed by atoms with E-state index in [0.717, 1.165) is 51.9 Å². The fraction of sp³-hybridized carbons (Fsp3) is 0.929. The normalized spacial score (nSPS) is 27.3. The largest absolute Gasteiger partial charge is 0.384 e. The fourth-order valence-corrected chi connectivity index (χ4v) is 3.25. The highest BCUT2D eigenvalue weighted by Crippen LogP contribution is 2.32. The monoisotopic (exact) mass is 270 g/mol. The molecular formula is C14H26N2O3. The van der Waals surface area contributed by atoms with E-state index in [1.807, 2.05) is 4.90 Å². The first-order valence-electron chi connectivity index (χ1n) is 7.24. The molecule has 0 aromatic carbocycles. The Morgan fingerprint density at radius 3 is 2.74 bits per heavy atom. The predicted molar refractivity (Wildman–Crippen MR) is 73.0 cm³/mol. The Morgan fingerprint density at radius 1 is 1.37 bits per heavy atom. The van der Waals surface area contributed by atoms with Crippen LogP contribution in [0, 0.1) is 5.41 Å². The molecule has 19 heavy (non-hydrogen) atoms. The number of amides is 1. The molecule has 5 heteroatoms. The molecule has 1 amide bonds. The van der Waals surface area contributed by atoms with Crippen molar-refractivity contribution < 1.29 is 14.3 Å². The average Bonchev–Trinajstić information content (AvgIpc) is 2.48. The third-order valence-corrected chi connectivity index (χ3v) is 4.43. The molecule has 1 unspecified atom stereocenters. The summed E-state index contributed by atoms with van der Waals surface area (Å²) in [5.74, 6) is 0.262. The number of hydrogen-bond acceptors (Lipinski definition) is 4. The zero-order chi connectivity index (χ0) is 13.7. The number of hydrogen-bond donors (Lipinski definition) is 1. The van der Waals surface area contributed by atoms with Gasteiger partial charge in [-0.2, -0.15) is 0 Å². The van der Waals surface area contributed by atoms with Crippen LogP contribution in [0.2, 0.25) is 0 Å². The fourth-order valence-electron chi connectivity index (χ4n) is 3.25. The Kier molecular flexibility index (Phi) is 5.19. The number of nitrogens with one attached hydrogen (secondary N) is 1. The molecule has 0 aromatic rings. The molecule has 2 heterocycles. The molecule has 0 spiro atoms. The molecule has 2 aliphatic rings. The maximum absolute atomic E-state index is 12.9. The molecule has 1 atom stereocenters. The van der Waals surface area contributed by atoms with Crippen molar-refractivity contribution >= 4 is 5.91 Å². The van der Waals surface area contributed by atoms with E-state index < -0.39 is 0 Å². The standard InChI is InChI=1S/C14H26N2O3/c1-18-11-14(5-7-15-8-6-14)13(17)16-9-3-4-12(10-16)19-2/h12,15H,3-11H2,1-2H3. The lowest BCUT2D eigenvalue weighted by atomic mass is 9.78. The van der Waals surface area contributed by atoms with Gasteiger partial charge in [0, 0.05) is 27.3 Å². The van der Waals surface area contributed by atoms with Gasteiger partial charge in [-0.05, 0) is 38.8 Å². The van der Waals surface area contributed by atoms with Gasteiger partial charge in [-0.15, -0.1) is 0 Å². The number of carbonyl (C=O) groups is 1. The Hall–Kier alpha value is -0.650. The maximum atomic E-state index is 12.9. The Labute approximate surface area is 115 Å². The smallest absolute Gasteiger partial charge is 0.231 e. The van der Waals surface area contributed by atoms with E-state index in [2.05, 4.69) is 5.32 Å². The molecule has 2 rings (SSSR count). The predicted octanol–water partition coefficient (Wildman–Crippen LogP) is 0.640. The lowest BCUT2D eigenvalue weighted by molar-refractivity contribution is -0.151. The zero-order valence-electron chi connectivity index (χ0n) is 12.1. The summed E-state index contributed by atoms with van der Waals surface area (Å²) in [5, 5.41) is 3.32. The van der Waals surface area contributed by atoms with Gasteiger partial charge in [-0.3, -0.25) is 4.79 Å². The minimum Gasteiger partial charge on any atom is -0.384 e. The van der Waals surface area contributed by atoms with Crippen LogP contribution in [0.25, 0.3) is 0 Å². The third-order valence-electron chi connectivity index (χ3n) is 4.43. The molecule has 2 saturated heterocycles. The molecule has 2 aliphatic heterocycles. The summed E-state index contributed by atoms with van der Waals surface area (Å²) in [7, 11) is 3.42. The molecule has 110 valence electrons. The SMILES string of the molecule is COCC1(C(=O)N2CCCC(OC)C2)CCNCC1. The summed E-state index contributed by atoms with van der Waals surface area (Å²) < 4.78 is 10.8. The van der Waals surface area contributed by atoms with E-state index in [1.54, 1.807) is 14.2 Å². The Morgan fingerprint density at radius 2 is 2.11 bits per heavy atom. The van der Waals surface area contributed by atoms with Gasteiger partial charge in [-0.25, -0.2) is 0 Å². The minimum absolute atomic E-state index is 0.194. The number of likely N-dealkylation sites (tertiary alicyclic amines) is 1. The van der Waals surface area contributed by atoms with Crippen LogP contribution in [0.5, 0.6) is 0 Å². The second-order valence-electron chi connectivity index (χ2n) is 5.71. The third kappa shape index (κ3) is 3.27. The van der Waals surface area contributed by atoms with E-state index in [-0.39, 0.29) is 17.4 Å². The van der Waals surface area contributed by atoms with Crippen LogP contribution in [0.4, 0.5) is 0 Å².